The molecule has 0 N–H and O–H groups in total. The van der Waals surface area contributed by atoms with Gasteiger partial charge in [-0.3, -0.25) is 38.4 Å². The van der Waals surface area contributed by atoms with Gasteiger partial charge < -0.3 is 52.1 Å². The van der Waals surface area contributed by atoms with Crippen molar-refractivity contribution in [2.24, 2.45) is 23.7 Å². The van der Waals surface area contributed by atoms with Gasteiger partial charge in [-0.25, -0.2) is 9.59 Å². The van der Waals surface area contributed by atoms with E-state index in [0.717, 1.165) is 46.8 Å². The molecule has 0 spiro atoms. The lowest BCUT2D eigenvalue weighted by Crippen LogP contribution is -2.30. The van der Waals surface area contributed by atoms with Crippen LogP contribution in [0.25, 0.3) is 0 Å². The van der Waals surface area contributed by atoms with Crippen LogP contribution < -0.4 is 18.9 Å². The largest absolute Gasteiger partial charge is 0.465 e. The van der Waals surface area contributed by atoms with Gasteiger partial charge in [0.05, 0.1) is 89.8 Å². The number of hydrogen-bond acceptors (Lipinski definition) is 25. The smallest absolute Gasteiger partial charge is 0.330 e. The first-order valence-corrected chi connectivity index (χ1v) is 30.9. The van der Waals surface area contributed by atoms with Gasteiger partial charge in [-0.1, -0.05) is 60.9 Å². The summed E-state index contributed by atoms with van der Waals surface area (Å²) in [6, 6.07) is 20.2. The van der Waals surface area contributed by atoms with Crippen LogP contribution in [0.3, 0.4) is 0 Å². The summed E-state index contributed by atoms with van der Waals surface area (Å²) < 4.78 is 59.7. The third-order valence-electron chi connectivity index (χ3n) is 14.2. The number of thioether (sulfide) groups is 2. The molecule has 3 atom stereocenters. The van der Waals surface area contributed by atoms with E-state index in [9.17, 15) is 58.5 Å². The molecule has 2 fully saturated rings. The fourth-order valence-corrected chi connectivity index (χ4v) is 11.8. The number of rotatable bonds is 31. The molecule has 25 heteroatoms. The number of ether oxygens (including phenoxy) is 11. The number of carbonyl (C=O) groups is 10. The van der Waals surface area contributed by atoms with Crippen LogP contribution in [0.15, 0.2) is 106 Å². The number of hydrogen-bond donors (Lipinski definition) is 0. The van der Waals surface area contributed by atoms with Crippen molar-refractivity contribution in [3.05, 3.63) is 107 Å². The molecule has 0 radical (unpaired) electrons. The van der Waals surface area contributed by atoms with Gasteiger partial charge in [0, 0.05) is 25.0 Å². The summed E-state index contributed by atoms with van der Waals surface area (Å²) in [5.74, 6) is -6.73. The molecule has 0 aromatic heterocycles. The lowest BCUT2D eigenvalue weighted by Gasteiger charge is -2.26. The molecule has 3 aliphatic rings. The van der Waals surface area contributed by atoms with Crippen LogP contribution in [0, 0.1) is 46.3 Å². The van der Waals surface area contributed by atoms with Crippen LogP contribution in [-0.4, -0.2) is 111 Å². The lowest BCUT2D eigenvalue weighted by molar-refractivity contribution is -0.156. The zero-order valence-electron chi connectivity index (χ0n) is 50.1. The van der Waals surface area contributed by atoms with Crippen LogP contribution in [0.1, 0.15) is 109 Å². The van der Waals surface area contributed by atoms with E-state index in [1.165, 1.54) is 12.1 Å². The molecule has 2 aliphatic carbocycles. The summed E-state index contributed by atoms with van der Waals surface area (Å²) in [6.45, 7) is 11.6. The minimum atomic E-state index is -0.675. The van der Waals surface area contributed by atoms with E-state index < -0.39 is 102 Å². The molecule has 0 bridgehead atoms. The van der Waals surface area contributed by atoms with Crippen molar-refractivity contribution in [3.63, 3.8) is 0 Å². The Balaban J connectivity index is 0.885. The Morgan fingerprint density at radius 3 is 1.20 bits per heavy atom. The van der Waals surface area contributed by atoms with Gasteiger partial charge in [0.2, 0.25) is 0 Å². The third kappa shape index (κ3) is 23.0. The SMILES string of the molecule is C=CC(=O)OC(C)COCC(C)OC(=O)CCC(=O)OCCc1ccc(OC(=O)[C@H]2CC[C@H](C(=O)Oc3ccc(OC(=O)[C@H]4CC[C@H](C(=O)Oc5ccc(CCOC(=O)CCC(=O)OCC(C)OC(=O)C=C)cc5)CC4)c4c3SC(=C(C#N)C#N)S4)CC2)cc1. The van der Waals surface area contributed by atoms with E-state index in [-0.39, 0.29) is 75.8 Å². The summed E-state index contributed by atoms with van der Waals surface area (Å²) in [5.41, 5.74) is 1.44. The topological polar surface area (TPSA) is 320 Å². The maximum atomic E-state index is 13.7. The number of benzene rings is 3. The highest BCUT2D eigenvalue weighted by atomic mass is 32.2. The Kier molecular flexibility index (Phi) is 28.1. The molecule has 0 saturated heterocycles. The highest BCUT2D eigenvalue weighted by Gasteiger charge is 2.37. The molecule has 2 saturated carbocycles. The molecule has 3 aromatic rings. The first-order valence-electron chi connectivity index (χ1n) is 29.3. The van der Waals surface area contributed by atoms with E-state index >= 15 is 0 Å². The Labute approximate surface area is 529 Å². The van der Waals surface area contributed by atoms with Gasteiger partial charge >= 0.3 is 59.7 Å². The molecule has 3 aromatic carbocycles. The molecule has 90 heavy (non-hydrogen) atoms. The van der Waals surface area contributed by atoms with Crippen LogP contribution in [-0.2, 0) is 93.9 Å². The van der Waals surface area contributed by atoms with E-state index in [1.807, 2.05) is 12.1 Å². The van der Waals surface area contributed by atoms with Crippen molar-refractivity contribution in [2.45, 2.75) is 139 Å². The maximum absolute atomic E-state index is 13.7. The maximum Gasteiger partial charge on any atom is 0.330 e. The Bertz CT molecular complexity index is 3210. The molecular weight excluding hydrogens is 1210 g/mol. The second-order valence-electron chi connectivity index (χ2n) is 21.2. The third-order valence-corrected chi connectivity index (χ3v) is 16.8. The average molecular weight is 1280 g/mol. The fourth-order valence-electron chi connectivity index (χ4n) is 9.34. The van der Waals surface area contributed by atoms with Crippen molar-refractivity contribution in [3.8, 4) is 35.1 Å². The van der Waals surface area contributed by atoms with Crippen molar-refractivity contribution < 1.29 is 100 Å². The quantitative estimate of drug-likeness (QED) is 0.0190. The van der Waals surface area contributed by atoms with Gasteiger partial charge in [-0.15, -0.1) is 0 Å². The van der Waals surface area contributed by atoms with Gasteiger partial charge in [-0.2, -0.15) is 10.5 Å². The first-order chi connectivity index (χ1) is 43.2. The number of esters is 10. The van der Waals surface area contributed by atoms with Crippen molar-refractivity contribution in [2.75, 3.05) is 33.0 Å². The van der Waals surface area contributed by atoms with Crippen molar-refractivity contribution in [1.29, 1.82) is 10.5 Å². The van der Waals surface area contributed by atoms with Crippen molar-refractivity contribution >= 4 is 83.2 Å². The molecule has 0 amide bonds. The normalized spacial score (nSPS) is 17.5. The summed E-state index contributed by atoms with van der Waals surface area (Å²) in [4.78, 5) is 126. The standard InChI is InChI=1S/C65H70N2O21S2/c1-6-53(68)82-39(3)36-78-37-40(4)84-58(73)29-28-56(71)80-33-31-43-10-22-50(23-11-43)86-62(75)45-14-18-47(19-15-45)64(77)88-52-25-24-51(59-60(52)90-65(89-59)48(34-66)35-67)87-63(76)46-16-12-44(13-17-46)61(74)85-49-20-8-42(9-21-49)30-32-79-55(70)26-27-57(72)81-38-41(5)83-54(69)7-2/h6-11,20-25,39-41,44-47H,1-2,12-19,26-33,36-38H2,3-5H3/t39?,40?,41?,44-,45-,46-,47-. The highest BCUT2D eigenvalue weighted by molar-refractivity contribution is 8.24. The minimum Gasteiger partial charge on any atom is -0.465 e. The fraction of sp³-hybridized carbons (Fsp3) is 0.446. The Morgan fingerprint density at radius 1 is 0.478 bits per heavy atom. The number of fused-ring (bicyclic) bond motifs is 1. The van der Waals surface area contributed by atoms with Gasteiger partial charge in [-0.05, 0) is 120 Å². The van der Waals surface area contributed by atoms with E-state index in [1.54, 1.807) is 69.3 Å². The summed E-state index contributed by atoms with van der Waals surface area (Å²) >= 11 is 2.09. The van der Waals surface area contributed by atoms with Gasteiger partial charge in [0.25, 0.3) is 0 Å². The molecule has 1 heterocycles. The number of carbonyl (C=O) groups excluding carboxylic acids is 10. The second-order valence-corrected chi connectivity index (χ2v) is 23.5. The molecule has 478 valence electrons. The van der Waals surface area contributed by atoms with Gasteiger partial charge in [0.1, 0.15) is 65.6 Å². The van der Waals surface area contributed by atoms with Crippen molar-refractivity contribution in [1.82, 2.24) is 0 Å². The molecular formula is C65H70N2O21S2. The minimum absolute atomic E-state index is 0.0475. The monoisotopic (exact) mass is 1280 g/mol. The first kappa shape index (κ1) is 70.3. The van der Waals surface area contributed by atoms with Crippen LogP contribution in [0.5, 0.6) is 23.0 Å². The predicted octanol–water partition coefficient (Wildman–Crippen LogP) is 9.24. The summed E-state index contributed by atoms with van der Waals surface area (Å²) in [7, 11) is 0. The summed E-state index contributed by atoms with van der Waals surface area (Å²) in [5, 5.41) is 19.4. The number of allylic oxidation sites excluding steroid dienone is 1. The molecule has 3 unspecified atom stereocenters. The van der Waals surface area contributed by atoms with E-state index in [4.69, 9.17) is 52.1 Å². The van der Waals surface area contributed by atoms with Crippen LogP contribution in [0.2, 0.25) is 0 Å². The molecule has 1 aliphatic heterocycles. The zero-order valence-corrected chi connectivity index (χ0v) is 51.7. The number of nitrogens with zero attached hydrogens (tertiary/aromatic N) is 2. The molecule has 23 nitrogen and oxygen atoms in total. The lowest BCUT2D eigenvalue weighted by atomic mass is 9.82. The Hall–Kier alpha value is -8.78. The molecule has 6 rings (SSSR count). The average Bonchev–Trinajstić information content (AvgIpc) is 1.75. The zero-order chi connectivity index (χ0) is 65.1. The second kappa shape index (κ2) is 36.0. The van der Waals surface area contributed by atoms with Gasteiger partial charge in [0.15, 0.2) is 0 Å². The Morgan fingerprint density at radius 2 is 0.822 bits per heavy atom. The van der Waals surface area contributed by atoms with E-state index in [0.29, 0.717) is 89.7 Å². The van der Waals surface area contributed by atoms with Crippen LogP contribution in [0.4, 0.5) is 0 Å². The predicted molar refractivity (Wildman–Crippen MR) is 319 cm³/mol. The number of nitriles is 2. The van der Waals surface area contributed by atoms with E-state index in [2.05, 4.69) is 13.2 Å². The highest BCUT2D eigenvalue weighted by Crippen LogP contribution is 2.59. The van der Waals surface area contributed by atoms with Crippen LogP contribution >= 0.6 is 23.5 Å². The summed E-state index contributed by atoms with van der Waals surface area (Å²) in [6.07, 6.45) is 3.00.